The molecule has 4 heterocycles. The maximum Gasteiger partial charge on any atom is 0.402 e. The number of aliphatic imine (C=N–C) groups is 1. The molecule has 3 amide bonds. The second-order valence-corrected chi connectivity index (χ2v) is 8.15. The van der Waals surface area contributed by atoms with Crippen LogP contribution in [0.15, 0.2) is 58.3 Å². The van der Waals surface area contributed by atoms with Gasteiger partial charge in [-0.1, -0.05) is 16.6 Å². The Bertz CT molecular complexity index is 1280. The number of ketones is 1. The first kappa shape index (κ1) is 20.2. The molecule has 0 bridgehead atoms. The van der Waals surface area contributed by atoms with Crippen LogP contribution in [-0.2, 0) is 11.3 Å². The summed E-state index contributed by atoms with van der Waals surface area (Å²) in [5.74, 6) is 0.768. The van der Waals surface area contributed by atoms with Crippen molar-refractivity contribution >= 4 is 41.1 Å². The van der Waals surface area contributed by atoms with Gasteiger partial charge in [-0.15, -0.1) is 0 Å². The van der Waals surface area contributed by atoms with Gasteiger partial charge in [-0.05, 0) is 43.3 Å². The fourth-order valence-corrected chi connectivity index (χ4v) is 4.13. The summed E-state index contributed by atoms with van der Waals surface area (Å²) in [6.45, 7) is 1.98. The van der Waals surface area contributed by atoms with Crippen molar-refractivity contribution < 1.29 is 23.4 Å². The molecule has 9 nitrogen and oxygen atoms in total. The zero-order chi connectivity index (χ0) is 22.6. The first-order chi connectivity index (χ1) is 15.3. The summed E-state index contributed by atoms with van der Waals surface area (Å²) in [5.41, 5.74) is 1.26. The Morgan fingerprint density at radius 1 is 1.22 bits per heavy atom. The minimum absolute atomic E-state index is 0.332. The highest BCUT2D eigenvalue weighted by molar-refractivity contribution is 6.30. The number of Topliss-reactive ketones (excluding diaryl/α,β-unsaturated/α-hetero) is 1. The number of amidine groups is 1. The third kappa shape index (κ3) is 3.13. The van der Waals surface area contributed by atoms with Gasteiger partial charge in [-0.3, -0.25) is 19.4 Å². The summed E-state index contributed by atoms with van der Waals surface area (Å²) in [6.07, 6.45) is 3.42. The van der Waals surface area contributed by atoms with Gasteiger partial charge in [0.2, 0.25) is 11.9 Å². The van der Waals surface area contributed by atoms with Crippen LogP contribution in [-0.4, -0.2) is 51.5 Å². The summed E-state index contributed by atoms with van der Waals surface area (Å²) < 4.78 is 9.10. The molecule has 1 atom stereocenters. The minimum Gasteiger partial charge on any atom is -0.466 e. The van der Waals surface area contributed by atoms with Crippen molar-refractivity contribution in [2.75, 3.05) is 13.6 Å². The monoisotopic (exact) mass is 452 g/mol. The largest absolute Gasteiger partial charge is 0.466 e. The highest BCUT2D eigenvalue weighted by atomic mass is 35.5. The Hall–Kier alpha value is -3.72. The van der Waals surface area contributed by atoms with Crippen molar-refractivity contribution in [2.24, 2.45) is 4.99 Å². The first-order valence-electron chi connectivity index (χ1n) is 9.95. The van der Waals surface area contributed by atoms with E-state index in [4.69, 9.17) is 16.0 Å². The number of halogens is 1. The van der Waals surface area contributed by atoms with Crippen LogP contribution in [0.1, 0.15) is 27.9 Å². The van der Waals surface area contributed by atoms with Crippen LogP contribution in [0.25, 0.3) is 0 Å². The SMILES string of the molecule is Cc1c[n+]2c(n1Cc1ccco1)N=C1C2C(=O)N(CC(=O)c2ccc(Cl)cc2)C(=O)N1C. The lowest BCUT2D eigenvalue weighted by Gasteiger charge is -2.32. The van der Waals surface area contributed by atoms with Gasteiger partial charge < -0.3 is 4.42 Å². The van der Waals surface area contributed by atoms with Crippen LogP contribution >= 0.6 is 11.6 Å². The highest BCUT2D eigenvalue weighted by Gasteiger charge is 2.53. The first-order valence-corrected chi connectivity index (χ1v) is 10.3. The summed E-state index contributed by atoms with van der Waals surface area (Å²) >= 11 is 5.88. The zero-order valence-corrected chi connectivity index (χ0v) is 18.1. The van der Waals surface area contributed by atoms with Gasteiger partial charge in [0.1, 0.15) is 24.2 Å². The predicted molar refractivity (Wildman–Crippen MR) is 114 cm³/mol. The van der Waals surface area contributed by atoms with Crippen LogP contribution in [0.5, 0.6) is 0 Å². The number of rotatable bonds is 5. The van der Waals surface area contributed by atoms with Crippen molar-refractivity contribution in [1.82, 2.24) is 14.4 Å². The van der Waals surface area contributed by atoms with Crippen molar-refractivity contribution in [1.29, 1.82) is 0 Å². The fourth-order valence-electron chi connectivity index (χ4n) is 4.00. The summed E-state index contributed by atoms with van der Waals surface area (Å²) in [4.78, 5) is 45.9. The Morgan fingerprint density at radius 2 is 1.97 bits per heavy atom. The van der Waals surface area contributed by atoms with Crippen LogP contribution in [0, 0.1) is 6.92 Å². The van der Waals surface area contributed by atoms with Crippen molar-refractivity contribution in [3.8, 4) is 0 Å². The van der Waals surface area contributed by atoms with E-state index in [1.165, 1.54) is 4.90 Å². The molecule has 0 aliphatic carbocycles. The standard InChI is InChI=1S/C22H19ClN5O4/c1-13-10-27-18-19(24-21(27)26(13)11-16-4-3-9-32-16)25(2)22(31)28(20(18)30)12-17(29)14-5-7-15(23)8-6-14/h3-10,18H,11-12H2,1-2H3/q+1. The number of likely N-dealkylation sites (N-methyl/N-ethyl adjacent to an activating group) is 1. The number of aryl methyl sites for hydroxylation is 1. The molecule has 0 radical (unpaired) electrons. The average Bonchev–Trinajstić information content (AvgIpc) is 3.48. The quantitative estimate of drug-likeness (QED) is 0.439. The molecular formula is C22H19ClN5O4+. The molecule has 0 spiro atoms. The molecule has 1 fully saturated rings. The minimum atomic E-state index is -0.817. The van der Waals surface area contributed by atoms with E-state index in [-0.39, 0.29) is 12.3 Å². The summed E-state index contributed by atoms with van der Waals surface area (Å²) in [7, 11) is 1.55. The summed E-state index contributed by atoms with van der Waals surface area (Å²) in [5, 5.41) is 0.497. The van der Waals surface area contributed by atoms with Crippen LogP contribution in [0.2, 0.25) is 5.02 Å². The number of nitrogens with zero attached hydrogens (tertiary/aromatic N) is 5. The Labute approximate surface area is 188 Å². The number of benzene rings is 1. The van der Waals surface area contributed by atoms with E-state index in [1.807, 2.05) is 23.8 Å². The highest BCUT2D eigenvalue weighted by Crippen LogP contribution is 2.30. The number of amides is 3. The second kappa shape index (κ2) is 7.45. The van der Waals surface area contributed by atoms with Crippen LogP contribution < -0.4 is 4.57 Å². The molecular weight excluding hydrogens is 434 g/mol. The smallest absolute Gasteiger partial charge is 0.402 e. The van der Waals surface area contributed by atoms with Crippen LogP contribution in [0.4, 0.5) is 10.7 Å². The van der Waals surface area contributed by atoms with Crippen LogP contribution in [0.3, 0.4) is 0 Å². The molecule has 32 heavy (non-hydrogen) atoms. The molecule has 162 valence electrons. The van der Waals surface area contributed by atoms with Crippen molar-refractivity contribution in [2.45, 2.75) is 19.5 Å². The number of hydrogen-bond acceptors (Lipinski definition) is 5. The van der Waals surface area contributed by atoms with E-state index in [0.717, 1.165) is 16.4 Å². The molecule has 2 aliphatic rings. The van der Waals surface area contributed by atoms with Gasteiger partial charge in [0.25, 0.3) is 5.91 Å². The maximum absolute atomic E-state index is 13.4. The Kier molecular flexibility index (Phi) is 4.70. The molecule has 3 aromatic rings. The third-order valence-electron chi connectivity index (χ3n) is 5.68. The topological polar surface area (TPSA) is 92.0 Å². The number of hydrogen-bond donors (Lipinski definition) is 0. The number of carbonyl (C=O) groups is 3. The van der Waals surface area contributed by atoms with Gasteiger partial charge in [-0.2, -0.15) is 0 Å². The van der Waals surface area contributed by atoms with Gasteiger partial charge in [0, 0.05) is 17.6 Å². The predicted octanol–water partition coefficient (Wildman–Crippen LogP) is 2.74. The molecule has 0 saturated carbocycles. The molecule has 2 aliphatic heterocycles. The molecule has 0 N–H and O–H groups in total. The number of carbonyl (C=O) groups excluding carboxylic acids is 3. The summed E-state index contributed by atoms with van der Waals surface area (Å²) in [6, 6.07) is 8.58. The molecule has 1 saturated heterocycles. The van der Waals surface area contributed by atoms with E-state index in [0.29, 0.717) is 28.9 Å². The van der Waals surface area contributed by atoms with E-state index < -0.39 is 18.0 Å². The number of furan rings is 1. The Balaban J connectivity index is 1.46. The molecule has 1 unspecified atom stereocenters. The maximum atomic E-state index is 13.4. The van der Waals surface area contributed by atoms with Crippen molar-refractivity contribution in [3.63, 3.8) is 0 Å². The van der Waals surface area contributed by atoms with Gasteiger partial charge in [0.05, 0.1) is 12.8 Å². The third-order valence-corrected chi connectivity index (χ3v) is 5.94. The number of fused-ring (bicyclic) bond motifs is 3. The molecule has 1 aromatic carbocycles. The lowest BCUT2D eigenvalue weighted by Crippen LogP contribution is -2.63. The van der Waals surface area contributed by atoms with Crippen molar-refractivity contribution in [3.05, 3.63) is 70.9 Å². The van der Waals surface area contributed by atoms with E-state index >= 15 is 0 Å². The lowest BCUT2D eigenvalue weighted by molar-refractivity contribution is -0.677. The number of imidazole rings is 1. The lowest BCUT2D eigenvalue weighted by atomic mass is 10.1. The molecule has 10 heteroatoms. The average molecular weight is 453 g/mol. The van der Waals surface area contributed by atoms with E-state index in [2.05, 4.69) is 4.99 Å². The number of urea groups is 1. The van der Waals surface area contributed by atoms with Gasteiger partial charge in [0.15, 0.2) is 5.78 Å². The van der Waals surface area contributed by atoms with Gasteiger partial charge in [-0.25, -0.2) is 13.9 Å². The normalized spacial score (nSPS) is 17.5. The zero-order valence-electron chi connectivity index (χ0n) is 17.4. The van der Waals surface area contributed by atoms with E-state index in [9.17, 15) is 14.4 Å². The fraction of sp³-hybridized carbons (Fsp3) is 0.227. The van der Waals surface area contributed by atoms with E-state index in [1.54, 1.807) is 48.2 Å². The molecule has 2 aromatic heterocycles. The number of imide groups is 1. The molecule has 5 rings (SSSR count). The number of aromatic nitrogens is 2. The van der Waals surface area contributed by atoms with Gasteiger partial charge >= 0.3 is 12.0 Å². The Morgan fingerprint density at radius 3 is 2.66 bits per heavy atom. The second-order valence-electron chi connectivity index (χ2n) is 7.71.